The van der Waals surface area contributed by atoms with Gasteiger partial charge in [-0.25, -0.2) is 19.8 Å². The zero-order valence-electron chi connectivity index (χ0n) is 11.1. The molecule has 0 unspecified atom stereocenters. The largest absolute Gasteiger partial charge is 0.276 e. The van der Waals surface area contributed by atoms with Gasteiger partial charge in [0.15, 0.2) is 5.82 Å². The average molecular weight is 276 g/mol. The summed E-state index contributed by atoms with van der Waals surface area (Å²) in [5.41, 5.74) is 3.90. The number of nitrogens with zero attached hydrogens (tertiary/aromatic N) is 3. The Hall–Kier alpha value is -2.41. The van der Waals surface area contributed by atoms with Crippen molar-refractivity contribution in [1.29, 1.82) is 0 Å². The van der Waals surface area contributed by atoms with E-state index in [9.17, 15) is 9.18 Å². The molecule has 2 rings (SSSR count). The monoisotopic (exact) mass is 276 g/mol. The lowest BCUT2D eigenvalue weighted by atomic mass is 10.3. The third-order valence-corrected chi connectivity index (χ3v) is 2.36. The molecule has 7 heteroatoms. The molecule has 6 nitrogen and oxygen atoms in total. The van der Waals surface area contributed by atoms with Crippen LogP contribution in [0, 0.1) is 19.7 Å². The molecule has 1 amide bonds. The smallest absolute Gasteiger partial charge is 0.267 e. The molecule has 1 N–H and O–H groups in total. The van der Waals surface area contributed by atoms with Crippen molar-refractivity contribution >= 4 is 5.91 Å². The van der Waals surface area contributed by atoms with Gasteiger partial charge < -0.3 is 0 Å². The number of nitrogens with one attached hydrogen (secondary N) is 1. The van der Waals surface area contributed by atoms with Crippen LogP contribution in [0.1, 0.15) is 27.6 Å². The van der Waals surface area contributed by atoms with Crippen molar-refractivity contribution in [2.24, 2.45) is 0 Å². The summed E-state index contributed by atoms with van der Waals surface area (Å²) in [5, 5.41) is 0. The van der Waals surface area contributed by atoms with Gasteiger partial charge in [-0.15, -0.1) is 0 Å². The van der Waals surface area contributed by atoms with Crippen molar-refractivity contribution in [3.05, 3.63) is 53.1 Å². The Kier molecular flexibility index (Phi) is 4.31. The minimum atomic E-state index is -0.588. The highest BCUT2D eigenvalue weighted by Gasteiger charge is 2.08. The van der Waals surface area contributed by atoms with Crippen LogP contribution in [0.4, 0.5) is 4.39 Å². The van der Waals surface area contributed by atoms with E-state index in [4.69, 9.17) is 4.84 Å². The van der Waals surface area contributed by atoms with Gasteiger partial charge in [-0.1, -0.05) is 0 Å². The van der Waals surface area contributed by atoms with E-state index >= 15 is 0 Å². The Morgan fingerprint density at radius 2 is 1.95 bits per heavy atom. The quantitative estimate of drug-likeness (QED) is 0.856. The maximum absolute atomic E-state index is 12.9. The van der Waals surface area contributed by atoms with E-state index in [-0.39, 0.29) is 12.2 Å². The van der Waals surface area contributed by atoms with Gasteiger partial charge in [0.25, 0.3) is 5.91 Å². The molecule has 2 aromatic rings. The Morgan fingerprint density at radius 1 is 1.25 bits per heavy atom. The predicted octanol–water partition coefficient (Wildman–Crippen LogP) is 1.49. The van der Waals surface area contributed by atoms with Crippen LogP contribution in [-0.4, -0.2) is 20.9 Å². The van der Waals surface area contributed by atoms with Crippen LogP contribution in [-0.2, 0) is 11.4 Å². The molecule has 20 heavy (non-hydrogen) atoms. The summed E-state index contributed by atoms with van der Waals surface area (Å²) >= 11 is 0. The van der Waals surface area contributed by atoms with Gasteiger partial charge in [-0.05, 0) is 26.0 Å². The second-order valence-electron chi connectivity index (χ2n) is 4.18. The molecule has 0 saturated heterocycles. The van der Waals surface area contributed by atoms with Crippen LogP contribution >= 0.6 is 0 Å². The van der Waals surface area contributed by atoms with E-state index in [1.54, 1.807) is 0 Å². The number of aryl methyl sites for hydroxylation is 2. The van der Waals surface area contributed by atoms with Crippen molar-refractivity contribution in [3.63, 3.8) is 0 Å². The van der Waals surface area contributed by atoms with Crippen molar-refractivity contribution in [1.82, 2.24) is 20.4 Å². The predicted molar refractivity (Wildman–Crippen MR) is 68.0 cm³/mol. The first-order valence-corrected chi connectivity index (χ1v) is 5.88. The van der Waals surface area contributed by atoms with E-state index in [2.05, 4.69) is 20.4 Å². The number of carbonyl (C=O) groups excluding carboxylic acids is 1. The molecule has 0 fully saturated rings. The third kappa shape index (κ3) is 3.79. The van der Waals surface area contributed by atoms with Gasteiger partial charge in [0.2, 0.25) is 0 Å². The van der Waals surface area contributed by atoms with Crippen LogP contribution in [0.5, 0.6) is 0 Å². The number of hydroxylamine groups is 1. The maximum Gasteiger partial charge on any atom is 0.276 e. The van der Waals surface area contributed by atoms with Gasteiger partial charge >= 0.3 is 0 Å². The number of hydrogen-bond donors (Lipinski definition) is 1. The standard InChI is InChI=1S/C13H13FN4O2/c1-8-3-9(2)17-12(16-8)7-20-18-13(19)10-4-11(14)6-15-5-10/h3-6H,7H2,1-2H3,(H,18,19). The molecule has 2 aromatic heterocycles. The number of aromatic nitrogens is 3. The fourth-order valence-corrected chi connectivity index (χ4v) is 1.62. The lowest BCUT2D eigenvalue weighted by Gasteiger charge is -2.06. The Morgan fingerprint density at radius 3 is 2.60 bits per heavy atom. The topological polar surface area (TPSA) is 77.0 Å². The fraction of sp³-hybridized carbons (Fsp3) is 0.231. The van der Waals surface area contributed by atoms with E-state index in [0.717, 1.165) is 23.7 Å². The molecule has 0 atom stereocenters. The Balaban J connectivity index is 1.91. The van der Waals surface area contributed by atoms with Gasteiger partial charge in [-0.2, -0.15) is 0 Å². The third-order valence-electron chi connectivity index (χ3n) is 2.36. The number of carbonyl (C=O) groups is 1. The average Bonchev–Trinajstić information content (AvgIpc) is 2.37. The first-order chi connectivity index (χ1) is 9.54. The molecule has 0 radical (unpaired) electrons. The molecule has 0 aliphatic carbocycles. The summed E-state index contributed by atoms with van der Waals surface area (Å²) in [6.45, 7) is 3.71. The van der Waals surface area contributed by atoms with Crippen LogP contribution in [0.2, 0.25) is 0 Å². The first-order valence-electron chi connectivity index (χ1n) is 5.88. The SMILES string of the molecule is Cc1cc(C)nc(CONC(=O)c2cncc(F)c2)n1. The molecule has 0 aliphatic heterocycles. The first kappa shape index (κ1) is 14.0. The second-order valence-corrected chi connectivity index (χ2v) is 4.18. The lowest BCUT2D eigenvalue weighted by Crippen LogP contribution is -2.24. The summed E-state index contributed by atoms with van der Waals surface area (Å²) in [6, 6.07) is 2.90. The number of pyridine rings is 1. The van der Waals surface area contributed by atoms with Crippen molar-refractivity contribution < 1.29 is 14.0 Å². The van der Waals surface area contributed by atoms with Crippen LogP contribution < -0.4 is 5.48 Å². The fourth-order valence-electron chi connectivity index (χ4n) is 1.62. The van der Waals surface area contributed by atoms with Crippen LogP contribution in [0.3, 0.4) is 0 Å². The Bertz CT molecular complexity index is 613. The minimum Gasteiger partial charge on any atom is -0.267 e. The van der Waals surface area contributed by atoms with Gasteiger partial charge in [0, 0.05) is 17.6 Å². The summed E-state index contributed by atoms with van der Waals surface area (Å²) in [7, 11) is 0. The zero-order valence-corrected chi connectivity index (χ0v) is 11.1. The van der Waals surface area contributed by atoms with E-state index in [0.29, 0.717) is 5.82 Å². The molecule has 0 aromatic carbocycles. The normalized spacial score (nSPS) is 10.3. The van der Waals surface area contributed by atoms with E-state index in [1.807, 2.05) is 19.9 Å². The van der Waals surface area contributed by atoms with Gasteiger partial charge in [0.1, 0.15) is 12.4 Å². The second kappa shape index (κ2) is 6.16. The highest BCUT2D eigenvalue weighted by molar-refractivity contribution is 5.93. The summed E-state index contributed by atoms with van der Waals surface area (Å²) in [6.07, 6.45) is 2.26. The number of amides is 1. The number of halogens is 1. The van der Waals surface area contributed by atoms with Crippen molar-refractivity contribution in [2.75, 3.05) is 0 Å². The highest BCUT2D eigenvalue weighted by Crippen LogP contribution is 2.02. The summed E-state index contributed by atoms with van der Waals surface area (Å²) in [4.78, 5) is 28.5. The molecule has 2 heterocycles. The van der Waals surface area contributed by atoms with Crippen LogP contribution in [0.25, 0.3) is 0 Å². The molecule has 0 bridgehead atoms. The number of rotatable bonds is 4. The maximum atomic E-state index is 12.9. The number of hydrogen-bond acceptors (Lipinski definition) is 5. The van der Waals surface area contributed by atoms with Crippen molar-refractivity contribution in [3.8, 4) is 0 Å². The zero-order chi connectivity index (χ0) is 14.5. The minimum absolute atomic E-state index is 0.0248. The van der Waals surface area contributed by atoms with Crippen molar-refractivity contribution in [2.45, 2.75) is 20.5 Å². The van der Waals surface area contributed by atoms with Gasteiger partial charge in [-0.3, -0.25) is 14.6 Å². The lowest BCUT2D eigenvalue weighted by molar-refractivity contribution is 0.0208. The molecular weight excluding hydrogens is 263 g/mol. The summed E-state index contributed by atoms with van der Waals surface area (Å²) in [5.74, 6) is -0.711. The molecule has 0 aliphatic rings. The summed E-state index contributed by atoms with van der Waals surface area (Å²) < 4.78 is 12.9. The molecule has 104 valence electrons. The molecular formula is C13H13FN4O2. The van der Waals surface area contributed by atoms with Crippen LogP contribution in [0.15, 0.2) is 24.5 Å². The Labute approximate surface area is 115 Å². The van der Waals surface area contributed by atoms with E-state index < -0.39 is 11.7 Å². The molecule has 0 saturated carbocycles. The highest BCUT2D eigenvalue weighted by atomic mass is 19.1. The van der Waals surface area contributed by atoms with Gasteiger partial charge in [0.05, 0.1) is 11.8 Å². The molecule has 0 spiro atoms. The van der Waals surface area contributed by atoms with E-state index in [1.165, 1.54) is 6.20 Å².